The fourth-order valence-electron chi connectivity index (χ4n) is 3.25. The molecule has 1 heterocycles. The minimum absolute atomic E-state index is 0.0995. The van der Waals surface area contributed by atoms with Crippen LogP contribution in [-0.2, 0) is 16.1 Å². The number of piperazine rings is 1. The molecule has 0 bridgehead atoms. The van der Waals surface area contributed by atoms with Crippen molar-refractivity contribution in [2.75, 3.05) is 24.6 Å². The van der Waals surface area contributed by atoms with E-state index in [1.165, 1.54) is 9.80 Å². The molecule has 1 atom stereocenters. The molecule has 30 heavy (non-hydrogen) atoms. The molecular formula is C23H28N2O5. The van der Waals surface area contributed by atoms with Crippen molar-refractivity contribution in [3.63, 3.8) is 0 Å². The summed E-state index contributed by atoms with van der Waals surface area (Å²) in [6.07, 6.45) is -0.557. The van der Waals surface area contributed by atoms with E-state index in [-0.39, 0.29) is 25.6 Å². The molecule has 0 aromatic heterocycles. The largest absolute Gasteiger partial charge is 0.489 e. The van der Waals surface area contributed by atoms with Crippen LogP contribution in [0.1, 0.15) is 26.3 Å². The molecule has 2 amide bonds. The number of hydrogen-bond acceptors (Lipinski definition) is 5. The Labute approximate surface area is 176 Å². The fraction of sp³-hybridized carbons (Fsp3) is 0.391. The van der Waals surface area contributed by atoms with Gasteiger partial charge in [0.05, 0.1) is 12.6 Å². The van der Waals surface area contributed by atoms with Crippen LogP contribution in [0.2, 0.25) is 0 Å². The number of rotatable bonds is 5. The first-order chi connectivity index (χ1) is 14.3. The number of hydrogen-bond donors (Lipinski definition) is 1. The Morgan fingerprint density at radius 2 is 1.77 bits per heavy atom. The van der Waals surface area contributed by atoms with Crippen LogP contribution in [0.25, 0.3) is 0 Å². The average molecular weight is 412 g/mol. The highest BCUT2D eigenvalue weighted by Gasteiger charge is 2.37. The quantitative estimate of drug-likeness (QED) is 0.816. The van der Waals surface area contributed by atoms with Gasteiger partial charge < -0.3 is 19.5 Å². The maximum Gasteiger partial charge on any atom is 0.410 e. The van der Waals surface area contributed by atoms with Gasteiger partial charge in [0.1, 0.15) is 24.5 Å². The van der Waals surface area contributed by atoms with Crippen molar-refractivity contribution < 1.29 is 24.2 Å². The van der Waals surface area contributed by atoms with Crippen molar-refractivity contribution in [1.29, 1.82) is 0 Å². The summed E-state index contributed by atoms with van der Waals surface area (Å²) >= 11 is 0. The third-order valence-electron chi connectivity index (χ3n) is 4.62. The Hall–Kier alpha value is -3.06. The van der Waals surface area contributed by atoms with Gasteiger partial charge in [-0.3, -0.25) is 9.69 Å². The monoisotopic (exact) mass is 412 g/mol. The number of anilines is 1. The second kappa shape index (κ2) is 9.17. The molecule has 160 valence electrons. The second-order valence-corrected chi connectivity index (χ2v) is 8.23. The van der Waals surface area contributed by atoms with E-state index >= 15 is 0 Å². The predicted molar refractivity (Wildman–Crippen MR) is 113 cm³/mol. The van der Waals surface area contributed by atoms with E-state index in [1.54, 1.807) is 45.0 Å². The Balaban J connectivity index is 1.66. The molecule has 7 heteroatoms. The molecule has 0 radical (unpaired) electrons. The van der Waals surface area contributed by atoms with Crippen molar-refractivity contribution in [2.45, 2.75) is 39.0 Å². The number of amides is 2. The SMILES string of the molecule is CC(C)(C)OC(=O)N1CC(=O)N(c2ccc(OCc3ccccc3)cc2)[C@@H](CO)C1. The minimum atomic E-state index is -0.651. The number of aliphatic hydroxyl groups excluding tert-OH is 1. The topological polar surface area (TPSA) is 79.3 Å². The summed E-state index contributed by atoms with van der Waals surface area (Å²) in [6.45, 7) is 5.60. The van der Waals surface area contributed by atoms with E-state index in [9.17, 15) is 14.7 Å². The Bertz CT molecular complexity index is 861. The lowest BCUT2D eigenvalue weighted by Gasteiger charge is -2.40. The molecule has 1 saturated heterocycles. The fourth-order valence-corrected chi connectivity index (χ4v) is 3.25. The second-order valence-electron chi connectivity index (χ2n) is 8.23. The van der Waals surface area contributed by atoms with Crippen molar-refractivity contribution >= 4 is 17.7 Å². The van der Waals surface area contributed by atoms with Gasteiger partial charge >= 0.3 is 6.09 Å². The molecule has 0 spiro atoms. The normalized spacial score (nSPS) is 17.1. The van der Waals surface area contributed by atoms with E-state index < -0.39 is 17.7 Å². The molecule has 0 saturated carbocycles. The molecule has 2 aromatic carbocycles. The summed E-state index contributed by atoms with van der Waals surface area (Å²) < 4.78 is 11.1. The van der Waals surface area contributed by atoms with Gasteiger partial charge in [-0.1, -0.05) is 30.3 Å². The molecule has 0 aliphatic carbocycles. The van der Waals surface area contributed by atoms with Crippen molar-refractivity contribution in [3.05, 3.63) is 60.2 Å². The lowest BCUT2D eigenvalue weighted by atomic mass is 10.1. The van der Waals surface area contributed by atoms with Gasteiger partial charge in [-0.2, -0.15) is 0 Å². The van der Waals surface area contributed by atoms with Crippen LogP contribution in [-0.4, -0.2) is 53.3 Å². The Morgan fingerprint density at radius 3 is 2.37 bits per heavy atom. The highest BCUT2D eigenvalue weighted by atomic mass is 16.6. The Kier molecular flexibility index (Phi) is 6.62. The van der Waals surface area contributed by atoms with Crippen LogP contribution < -0.4 is 9.64 Å². The summed E-state index contributed by atoms with van der Waals surface area (Å²) in [6, 6.07) is 16.4. The molecule has 1 aliphatic rings. The first-order valence-corrected chi connectivity index (χ1v) is 9.94. The number of carbonyl (C=O) groups excluding carboxylic acids is 2. The summed E-state index contributed by atoms with van der Waals surface area (Å²) in [7, 11) is 0. The number of nitrogens with zero attached hydrogens (tertiary/aromatic N) is 2. The highest BCUT2D eigenvalue weighted by molar-refractivity contribution is 5.98. The maximum atomic E-state index is 12.8. The van der Waals surface area contributed by atoms with Gasteiger partial charge in [-0.25, -0.2) is 4.79 Å². The number of aliphatic hydroxyl groups is 1. The minimum Gasteiger partial charge on any atom is -0.489 e. The van der Waals surface area contributed by atoms with E-state index in [0.29, 0.717) is 18.0 Å². The zero-order chi connectivity index (χ0) is 21.7. The van der Waals surface area contributed by atoms with Gasteiger partial charge in [0.2, 0.25) is 5.91 Å². The number of ether oxygens (including phenoxy) is 2. The number of carbonyl (C=O) groups is 2. The summed E-state index contributed by atoms with van der Waals surface area (Å²) in [4.78, 5) is 28.0. The standard InChI is InChI=1S/C23H28N2O5/c1-23(2,3)30-22(28)24-13-19(15-26)25(21(27)14-24)18-9-11-20(12-10-18)29-16-17-7-5-4-6-8-17/h4-12,19,26H,13-16H2,1-3H3/t19-/m1/s1. The zero-order valence-electron chi connectivity index (χ0n) is 17.6. The van der Waals surface area contributed by atoms with Crippen LogP contribution in [0.15, 0.2) is 54.6 Å². The van der Waals surface area contributed by atoms with Gasteiger partial charge in [0.25, 0.3) is 0 Å². The van der Waals surface area contributed by atoms with E-state index in [2.05, 4.69) is 0 Å². The average Bonchev–Trinajstić information content (AvgIpc) is 2.71. The zero-order valence-corrected chi connectivity index (χ0v) is 17.6. The van der Waals surface area contributed by atoms with Crippen LogP contribution >= 0.6 is 0 Å². The van der Waals surface area contributed by atoms with Gasteiger partial charge in [0, 0.05) is 12.2 Å². The molecule has 3 rings (SSSR count). The van der Waals surface area contributed by atoms with E-state index in [4.69, 9.17) is 9.47 Å². The predicted octanol–water partition coefficient (Wildman–Crippen LogP) is 3.21. The molecule has 0 unspecified atom stereocenters. The van der Waals surface area contributed by atoms with Gasteiger partial charge in [-0.05, 0) is 50.6 Å². The smallest absolute Gasteiger partial charge is 0.410 e. The van der Waals surface area contributed by atoms with Crippen LogP contribution in [0.4, 0.5) is 10.5 Å². The first-order valence-electron chi connectivity index (χ1n) is 9.94. The van der Waals surface area contributed by atoms with E-state index in [0.717, 1.165) is 5.56 Å². The lowest BCUT2D eigenvalue weighted by molar-refractivity contribution is -0.122. The third-order valence-corrected chi connectivity index (χ3v) is 4.62. The van der Waals surface area contributed by atoms with Gasteiger partial charge in [-0.15, -0.1) is 0 Å². The van der Waals surface area contributed by atoms with Crippen molar-refractivity contribution in [3.8, 4) is 5.75 Å². The van der Waals surface area contributed by atoms with Crippen LogP contribution in [0, 0.1) is 0 Å². The molecule has 7 nitrogen and oxygen atoms in total. The summed E-state index contributed by atoms with van der Waals surface area (Å²) in [5.74, 6) is 0.409. The number of benzene rings is 2. The maximum absolute atomic E-state index is 12.8. The first kappa shape index (κ1) is 21.6. The molecule has 1 fully saturated rings. The van der Waals surface area contributed by atoms with E-state index in [1.807, 2.05) is 30.3 Å². The molecule has 2 aromatic rings. The van der Waals surface area contributed by atoms with Crippen molar-refractivity contribution in [2.24, 2.45) is 0 Å². The summed E-state index contributed by atoms with van der Waals surface area (Å²) in [5, 5.41) is 9.84. The molecule has 1 N–H and O–H groups in total. The van der Waals surface area contributed by atoms with Crippen LogP contribution in [0.5, 0.6) is 5.75 Å². The third kappa shape index (κ3) is 5.51. The van der Waals surface area contributed by atoms with Crippen LogP contribution in [0.3, 0.4) is 0 Å². The van der Waals surface area contributed by atoms with Gasteiger partial charge in [0.15, 0.2) is 0 Å². The lowest BCUT2D eigenvalue weighted by Crippen LogP contribution is -2.60. The Morgan fingerprint density at radius 1 is 1.10 bits per heavy atom. The molecular weight excluding hydrogens is 384 g/mol. The highest BCUT2D eigenvalue weighted by Crippen LogP contribution is 2.25. The summed E-state index contributed by atoms with van der Waals surface area (Å²) in [5.41, 5.74) is 1.06. The molecule has 1 aliphatic heterocycles. The van der Waals surface area contributed by atoms with Crippen molar-refractivity contribution in [1.82, 2.24) is 4.90 Å².